The molecule has 0 saturated heterocycles. The lowest BCUT2D eigenvalue weighted by Gasteiger charge is -2.27. The lowest BCUT2D eigenvalue weighted by atomic mass is 9.82. The van der Waals surface area contributed by atoms with Crippen LogP contribution < -0.4 is 0 Å². The maximum Gasteiger partial charge on any atom is 0.115 e. The van der Waals surface area contributed by atoms with Crippen LogP contribution in [0.15, 0.2) is 84.9 Å². The fourth-order valence-electron chi connectivity index (χ4n) is 7.23. The van der Waals surface area contributed by atoms with Crippen molar-refractivity contribution in [2.75, 3.05) is 0 Å². The number of aliphatic hydroxyl groups excluding tert-OH is 1. The molecule has 0 atom stereocenters. The molecule has 2 N–H and O–H groups in total. The van der Waals surface area contributed by atoms with Crippen LogP contribution in [0.5, 0.6) is 5.75 Å². The molecule has 0 radical (unpaired) electrons. The van der Waals surface area contributed by atoms with Crippen molar-refractivity contribution in [1.29, 1.82) is 0 Å². The van der Waals surface area contributed by atoms with Crippen LogP contribution in [0.25, 0.3) is 0 Å². The molecule has 2 nitrogen and oxygen atoms in total. The number of aromatic hydroxyl groups is 1. The molecule has 0 amide bonds. The molecule has 3 rings (SSSR count). The van der Waals surface area contributed by atoms with Crippen molar-refractivity contribution in [3.05, 3.63) is 102 Å². The Balaban J connectivity index is -0.000000701. The SMILES string of the molecule is CC(C)(C)CC(O)CC(C)(C)C.CC(C)(C)CCCC(C)(C)C.CC(C)(C)Cc1ccc(O)cc1.CC(C)(C)Cc1ccccc1.CC(C)(C)c1ccccc1.CC(C)CC(C)(C)C. The van der Waals surface area contributed by atoms with E-state index < -0.39 is 0 Å². The van der Waals surface area contributed by atoms with E-state index in [4.69, 9.17) is 5.11 Å². The van der Waals surface area contributed by atoms with Crippen LogP contribution in [0, 0.1) is 43.8 Å². The van der Waals surface area contributed by atoms with Crippen LogP contribution >= 0.6 is 0 Å². The van der Waals surface area contributed by atoms with E-state index in [1.54, 1.807) is 12.1 Å². The molecule has 0 saturated carbocycles. The largest absolute Gasteiger partial charge is 0.508 e. The smallest absolute Gasteiger partial charge is 0.115 e. The Morgan fingerprint density at radius 2 is 0.688 bits per heavy atom. The monoisotopic (exact) mass is 889 g/mol. The van der Waals surface area contributed by atoms with Crippen LogP contribution in [0.1, 0.15) is 235 Å². The Bertz CT molecular complexity index is 1490. The van der Waals surface area contributed by atoms with Gasteiger partial charge in [-0.05, 0) is 123 Å². The van der Waals surface area contributed by atoms with E-state index in [1.165, 1.54) is 42.4 Å². The fourth-order valence-corrected chi connectivity index (χ4v) is 7.23. The van der Waals surface area contributed by atoms with Crippen molar-refractivity contribution < 1.29 is 10.2 Å². The van der Waals surface area contributed by atoms with E-state index >= 15 is 0 Å². The molecule has 0 spiro atoms. The third-order valence-electron chi connectivity index (χ3n) is 9.46. The zero-order chi connectivity index (χ0) is 51.0. The van der Waals surface area contributed by atoms with E-state index in [9.17, 15) is 5.11 Å². The Morgan fingerprint density at radius 1 is 0.375 bits per heavy atom. The second-order valence-corrected chi connectivity index (χ2v) is 28.6. The highest BCUT2D eigenvalue weighted by molar-refractivity contribution is 5.26. The molecule has 2 heteroatoms. The Labute approximate surface area is 402 Å². The van der Waals surface area contributed by atoms with Crippen molar-refractivity contribution in [2.24, 2.45) is 43.8 Å². The van der Waals surface area contributed by atoms with Crippen molar-refractivity contribution in [3.63, 3.8) is 0 Å². The van der Waals surface area contributed by atoms with Crippen LogP contribution in [-0.2, 0) is 18.3 Å². The van der Waals surface area contributed by atoms with Crippen molar-refractivity contribution in [2.45, 2.75) is 243 Å². The molecule has 0 aliphatic carbocycles. The highest BCUT2D eigenvalue weighted by atomic mass is 16.3. The molecule has 0 bridgehead atoms. The molecule has 64 heavy (non-hydrogen) atoms. The summed E-state index contributed by atoms with van der Waals surface area (Å²) in [4.78, 5) is 0. The minimum absolute atomic E-state index is 0.148. The van der Waals surface area contributed by atoms with E-state index in [-0.39, 0.29) is 16.9 Å². The van der Waals surface area contributed by atoms with Gasteiger partial charge in [0, 0.05) is 0 Å². The Hall–Kier alpha value is -2.58. The zero-order valence-electron chi connectivity index (χ0n) is 47.8. The van der Waals surface area contributed by atoms with Gasteiger partial charge in [0.15, 0.2) is 0 Å². The number of benzene rings is 3. The second-order valence-electron chi connectivity index (χ2n) is 28.6. The number of phenols is 1. The highest BCUT2D eigenvalue weighted by Gasteiger charge is 2.22. The van der Waals surface area contributed by atoms with Crippen LogP contribution in [0.3, 0.4) is 0 Å². The third-order valence-corrected chi connectivity index (χ3v) is 9.46. The summed E-state index contributed by atoms with van der Waals surface area (Å²) in [5.74, 6) is 1.18. The normalized spacial score (nSPS) is 12.5. The third kappa shape index (κ3) is 52.0. The topological polar surface area (TPSA) is 40.5 Å². The minimum Gasteiger partial charge on any atom is -0.508 e. The first-order valence-electron chi connectivity index (χ1n) is 24.9. The molecule has 0 aliphatic heterocycles. The molecule has 0 aromatic heterocycles. The minimum atomic E-state index is -0.148. The van der Waals surface area contributed by atoms with Crippen LogP contribution in [-0.4, -0.2) is 16.3 Å². The molecule has 372 valence electrons. The molecule has 3 aromatic rings. The lowest BCUT2D eigenvalue weighted by Crippen LogP contribution is -2.22. The Kier molecular flexibility index (Phi) is 30.0. The van der Waals surface area contributed by atoms with Gasteiger partial charge in [-0.2, -0.15) is 0 Å². The number of hydrogen-bond donors (Lipinski definition) is 2. The van der Waals surface area contributed by atoms with Gasteiger partial charge in [-0.15, -0.1) is 0 Å². The summed E-state index contributed by atoms with van der Waals surface area (Å²) in [6, 6.07) is 28.6. The number of rotatable bonds is 7. The molecular formula is C62H112O2. The van der Waals surface area contributed by atoms with Gasteiger partial charge < -0.3 is 10.2 Å². The van der Waals surface area contributed by atoms with Gasteiger partial charge in [0.25, 0.3) is 0 Å². The van der Waals surface area contributed by atoms with Crippen molar-refractivity contribution >= 4 is 0 Å². The predicted molar refractivity (Wildman–Crippen MR) is 292 cm³/mol. The molecule has 0 heterocycles. The maximum absolute atomic E-state index is 9.72. The fraction of sp³-hybridized carbons (Fsp3) is 0.710. The van der Waals surface area contributed by atoms with E-state index in [0.717, 1.165) is 31.6 Å². The zero-order valence-corrected chi connectivity index (χ0v) is 47.8. The summed E-state index contributed by atoms with van der Waals surface area (Å²) in [6.07, 6.45) is 9.24. The standard InChI is InChI=1S/C11H16O.C11H24O.C11H16.C11H24.C10H14.C8H18/c1-11(2,3)8-9-4-6-10(12)7-5-9;1-10(2,3)7-9(12)8-11(4,5)6;1-11(2,3)9-10-7-5-4-6-8-10;1-10(2,3)8-7-9-11(4,5)6;1-10(2,3)9-7-5-4-6-8-9;1-7(2)6-8(3,4)5/h4-7,12H,8H2,1-3H3;9,12H,7-8H2,1-6H3;4-8H,9H2,1-3H3;7-9H2,1-6H3;4-8H,1-3H3;7H,6H2,1-5H3. The second kappa shape index (κ2) is 29.2. The van der Waals surface area contributed by atoms with Gasteiger partial charge in [0.2, 0.25) is 0 Å². The van der Waals surface area contributed by atoms with Gasteiger partial charge in [-0.3, -0.25) is 0 Å². The van der Waals surface area contributed by atoms with Crippen LogP contribution in [0.4, 0.5) is 0 Å². The average Bonchev–Trinajstić information content (AvgIpc) is 3.02. The van der Waals surface area contributed by atoms with Gasteiger partial charge >= 0.3 is 0 Å². The number of aliphatic hydroxyl groups is 1. The van der Waals surface area contributed by atoms with Gasteiger partial charge in [-0.1, -0.05) is 259 Å². The van der Waals surface area contributed by atoms with Crippen molar-refractivity contribution in [3.8, 4) is 5.75 Å². The summed E-state index contributed by atoms with van der Waals surface area (Å²) < 4.78 is 0. The maximum atomic E-state index is 9.72. The highest BCUT2D eigenvalue weighted by Crippen LogP contribution is 2.30. The average molecular weight is 890 g/mol. The van der Waals surface area contributed by atoms with Crippen LogP contribution in [0.2, 0.25) is 0 Å². The first-order chi connectivity index (χ1) is 28.4. The summed E-state index contributed by atoms with van der Waals surface area (Å²) >= 11 is 0. The molecule has 0 unspecified atom stereocenters. The first-order valence-corrected chi connectivity index (χ1v) is 24.9. The summed E-state index contributed by atoms with van der Waals surface area (Å²) in [7, 11) is 0. The number of phenolic OH excluding ortho intramolecular Hbond substituents is 1. The molecule has 0 aliphatic rings. The van der Waals surface area contributed by atoms with Crippen molar-refractivity contribution in [1.82, 2.24) is 0 Å². The quantitative estimate of drug-likeness (QED) is 0.248. The molecular weight excluding hydrogens is 777 g/mol. The van der Waals surface area contributed by atoms with Gasteiger partial charge in [-0.25, -0.2) is 0 Å². The van der Waals surface area contributed by atoms with Gasteiger partial charge in [0.1, 0.15) is 5.75 Å². The van der Waals surface area contributed by atoms with Gasteiger partial charge in [0.05, 0.1) is 6.10 Å². The summed E-state index contributed by atoms with van der Waals surface area (Å²) in [5.41, 5.74) is 7.16. The molecule has 3 aromatic carbocycles. The summed E-state index contributed by atoms with van der Waals surface area (Å²) in [5, 5.41) is 18.8. The van der Waals surface area contributed by atoms with E-state index in [2.05, 4.69) is 241 Å². The first kappa shape index (κ1) is 65.7. The summed E-state index contributed by atoms with van der Waals surface area (Å²) in [6.45, 7) is 58.4. The van der Waals surface area contributed by atoms with E-state index in [0.29, 0.717) is 38.2 Å². The number of hydrogen-bond acceptors (Lipinski definition) is 2. The molecule has 0 fully saturated rings. The predicted octanol–water partition coefficient (Wildman–Crippen LogP) is 19.8. The lowest BCUT2D eigenvalue weighted by molar-refractivity contribution is 0.0807. The Morgan fingerprint density at radius 3 is 0.922 bits per heavy atom. The van der Waals surface area contributed by atoms with E-state index in [1.807, 2.05) is 12.1 Å².